The summed E-state index contributed by atoms with van der Waals surface area (Å²) in [6.07, 6.45) is 0. The Bertz CT molecular complexity index is 1830. The van der Waals surface area contributed by atoms with Gasteiger partial charge in [-0.05, 0) is 72.1 Å². The number of hydrogen-bond acceptors (Lipinski definition) is 5. The largest absolute Gasteiger partial charge is 0.294 e. The zero-order chi connectivity index (χ0) is 31.8. The second kappa shape index (κ2) is 14.9. The molecule has 0 heterocycles. The van der Waals surface area contributed by atoms with Crippen LogP contribution in [0.15, 0.2) is 131 Å². The van der Waals surface area contributed by atoms with Crippen molar-refractivity contribution < 1.29 is 17.6 Å². The summed E-state index contributed by atoms with van der Waals surface area (Å²) >= 11 is 8.03. The normalized spacial score (nSPS) is 11.5. The summed E-state index contributed by atoms with van der Waals surface area (Å²) in [5.74, 6) is -0.316. The first-order chi connectivity index (χ1) is 21.7. The Labute approximate surface area is 273 Å². The lowest BCUT2D eigenvalue weighted by atomic mass is 10.0. The Morgan fingerprint density at radius 1 is 0.800 bits per heavy atom. The third-order valence-corrected chi connectivity index (χ3v) is 9.95. The lowest BCUT2D eigenvalue weighted by molar-refractivity contribution is 0.0981. The van der Waals surface area contributed by atoms with Crippen LogP contribution in [0.25, 0.3) is 11.1 Å². The molecule has 0 unspecified atom stereocenters. The van der Waals surface area contributed by atoms with Crippen molar-refractivity contribution in [3.8, 4) is 11.1 Å². The highest BCUT2D eigenvalue weighted by atomic mass is 35.5. The summed E-state index contributed by atoms with van der Waals surface area (Å²) in [7, 11) is -4.11. The molecule has 45 heavy (non-hydrogen) atoms. The quantitative estimate of drug-likeness (QED) is 0.137. The standard InChI is InChI=1S/C36H32ClFN2O3S2/c1-26-10-14-28(15-11-26)29-16-18-30(19-17-29)36(41)39-45(42,43)32-20-12-27(13-21-32)24-40(22-23-44-31-6-3-2-4-7-31)25-33-34(37)8-5-9-35(33)38/h2-21H,22-25H2,1H3,(H,39,41). The maximum Gasteiger partial charge on any atom is 0.264 e. The predicted octanol–water partition coefficient (Wildman–Crippen LogP) is 8.37. The second-order valence-corrected chi connectivity index (χ2v) is 13.9. The number of benzene rings is 5. The fourth-order valence-corrected chi connectivity index (χ4v) is 6.89. The number of nitrogens with zero attached hydrogens (tertiary/aromatic N) is 1. The molecule has 230 valence electrons. The molecule has 1 N–H and O–H groups in total. The van der Waals surface area contributed by atoms with Crippen LogP contribution in [0.3, 0.4) is 0 Å². The Morgan fingerprint density at radius 2 is 1.44 bits per heavy atom. The number of nitrogens with one attached hydrogen (secondary N) is 1. The van der Waals surface area contributed by atoms with Gasteiger partial charge in [-0.25, -0.2) is 17.5 Å². The van der Waals surface area contributed by atoms with E-state index in [9.17, 15) is 17.6 Å². The SMILES string of the molecule is Cc1ccc(-c2ccc(C(=O)NS(=O)(=O)c3ccc(CN(CCSc4ccccc4)Cc4c(F)cccc4Cl)cc3)cc2)cc1. The lowest BCUT2D eigenvalue weighted by Crippen LogP contribution is -2.30. The first-order valence-electron chi connectivity index (χ1n) is 14.3. The van der Waals surface area contributed by atoms with E-state index in [1.54, 1.807) is 60.3 Å². The van der Waals surface area contributed by atoms with E-state index >= 15 is 0 Å². The van der Waals surface area contributed by atoms with Gasteiger partial charge in [-0.1, -0.05) is 90.0 Å². The maximum atomic E-state index is 14.6. The van der Waals surface area contributed by atoms with Crippen molar-refractivity contribution in [2.75, 3.05) is 12.3 Å². The molecule has 0 saturated carbocycles. The second-order valence-electron chi connectivity index (χ2n) is 10.6. The Balaban J connectivity index is 1.25. The molecule has 0 bridgehead atoms. The van der Waals surface area contributed by atoms with Crippen LogP contribution in [-0.2, 0) is 23.1 Å². The average Bonchev–Trinajstić information content (AvgIpc) is 3.04. The smallest absolute Gasteiger partial charge is 0.264 e. The van der Waals surface area contributed by atoms with Crippen molar-refractivity contribution in [3.05, 3.63) is 154 Å². The molecule has 0 aliphatic carbocycles. The van der Waals surface area contributed by atoms with Gasteiger partial charge in [0.15, 0.2) is 0 Å². The molecule has 5 aromatic rings. The van der Waals surface area contributed by atoms with Crippen molar-refractivity contribution in [3.63, 3.8) is 0 Å². The molecule has 0 spiro atoms. The van der Waals surface area contributed by atoms with E-state index in [-0.39, 0.29) is 16.3 Å². The van der Waals surface area contributed by atoms with Crippen LogP contribution in [0, 0.1) is 12.7 Å². The minimum absolute atomic E-state index is 0.0285. The van der Waals surface area contributed by atoms with Gasteiger partial charge in [-0.3, -0.25) is 9.69 Å². The molecule has 0 aliphatic heterocycles. The topological polar surface area (TPSA) is 66.5 Å². The summed E-state index contributed by atoms with van der Waals surface area (Å²) in [4.78, 5) is 16.0. The molecule has 0 aliphatic rings. The van der Waals surface area contributed by atoms with Crippen molar-refractivity contribution in [1.82, 2.24) is 9.62 Å². The summed E-state index contributed by atoms with van der Waals surface area (Å²) in [6, 6.07) is 35.8. The Kier molecular flexibility index (Phi) is 10.7. The number of rotatable bonds is 12. The molecule has 9 heteroatoms. The summed E-state index contributed by atoms with van der Waals surface area (Å²) in [5.41, 5.74) is 4.57. The van der Waals surface area contributed by atoms with Crippen molar-refractivity contribution in [2.45, 2.75) is 29.8 Å². The highest BCUT2D eigenvalue weighted by Gasteiger charge is 2.20. The maximum absolute atomic E-state index is 14.6. The van der Waals surface area contributed by atoms with Crippen LogP contribution in [0.1, 0.15) is 27.0 Å². The molecule has 1 amide bonds. The first-order valence-corrected chi connectivity index (χ1v) is 17.2. The number of sulfonamides is 1. The van der Waals surface area contributed by atoms with E-state index < -0.39 is 15.9 Å². The number of carbonyl (C=O) groups excluding carboxylic acids is 1. The fraction of sp³-hybridized carbons (Fsp3) is 0.139. The summed E-state index contributed by atoms with van der Waals surface area (Å²) in [6.45, 7) is 3.39. The minimum atomic E-state index is -4.11. The van der Waals surface area contributed by atoms with Crippen LogP contribution in [0.2, 0.25) is 5.02 Å². The third kappa shape index (κ3) is 8.83. The molecule has 5 aromatic carbocycles. The molecular formula is C36H32ClFN2O3S2. The van der Waals surface area contributed by atoms with E-state index in [0.29, 0.717) is 30.2 Å². The van der Waals surface area contributed by atoms with Gasteiger partial charge in [0.1, 0.15) is 5.82 Å². The number of amides is 1. The molecule has 0 aromatic heterocycles. The number of thioether (sulfide) groups is 1. The minimum Gasteiger partial charge on any atom is -0.294 e. The van der Waals surface area contributed by atoms with Gasteiger partial charge in [0, 0.05) is 46.4 Å². The third-order valence-electron chi connectivity index (χ3n) is 7.26. The van der Waals surface area contributed by atoms with Crippen LogP contribution >= 0.6 is 23.4 Å². The number of halogens is 2. The number of hydrogen-bond donors (Lipinski definition) is 1. The highest BCUT2D eigenvalue weighted by Crippen LogP contribution is 2.24. The van der Waals surface area contributed by atoms with E-state index in [4.69, 9.17) is 11.6 Å². The van der Waals surface area contributed by atoms with E-state index in [0.717, 1.165) is 32.9 Å². The predicted molar refractivity (Wildman–Crippen MR) is 180 cm³/mol. The van der Waals surface area contributed by atoms with Crippen LogP contribution in [-0.4, -0.2) is 31.5 Å². The molecule has 0 atom stereocenters. The number of carbonyl (C=O) groups is 1. The molecule has 0 saturated heterocycles. The van der Waals surface area contributed by atoms with Crippen molar-refractivity contribution >= 4 is 39.3 Å². The van der Waals surface area contributed by atoms with Gasteiger partial charge in [-0.15, -0.1) is 11.8 Å². The monoisotopic (exact) mass is 658 g/mol. The molecule has 0 fully saturated rings. The summed E-state index contributed by atoms with van der Waals surface area (Å²) < 4.78 is 42.9. The molecular weight excluding hydrogens is 627 g/mol. The van der Waals surface area contributed by atoms with Gasteiger partial charge in [0.05, 0.1) is 4.90 Å². The average molecular weight is 659 g/mol. The Hall–Kier alpha value is -3.95. The zero-order valence-electron chi connectivity index (χ0n) is 24.6. The van der Waals surface area contributed by atoms with Gasteiger partial charge in [0.25, 0.3) is 15.9 Å². The van der Waals surface area contributed by atoms with E-state index in [1.165, 1.54) is 18.2 Å². The zero-order valence-corrected chi connectivity index (χ0v) is 27.0. The Morgan fingerprint density at radius 3 is 2.09 bits per heavy atom. The lowest BCUT2D eigenvalue weighted by Gasteiger charge is -2.23. The molecule has 5 rings (SSSR count). The van der Waals surface area contributed by atoms with E-state index in [2.05, 4.69) is 9.62 Å². The summed E-state index contributed by atoms with van der Waals surface area (Å²) in [5, 5.41) is 0.359. The van der Waals surface area contributed by atoms with Gasteiger partial charge in [0.2, 0.25) is 0 Å². The molecule has 0 radical (unpaired) electrons. The van der Waals surface area contributed by atoms with Gasteiger partial charge >= 0.3 is 0 Å². The van der Waals surface area contributed by atoms with Gasteiger partial charge < -0.3 is 0 Å². The number of aryl methyl sites for hydroxylation is 1. The van der Waals surface area contributed by atoms with Crippen molar-refractivity contribution in [2.24, 2.45) is 0 Å². The fourth-order valence-electron chi connectivity index (χ4n) is 4.76. The molecule has 5 nitrogen and oxygen atoms in total. The highest BCUT2D eigenvalue weighted by molar-refractivity contribution is 7.99. The van der Waals surface area contributed by atoms with Crippen molar-refractivity contribution in [1.29, 1.82) is 0 Å². The van der Waals surface area contributed by atoms with Gasteiger partial charge in [-0.2, -0.15) is 0 Å². The van der Waals surface area contributed by atoms with Crippen LogP contribution in [0.4, 0.5) is 4.39 Å². The van der Waals surface area contributed by atoms with Crippen LogP contribution in [0.5, 0.6) is 0 Å². The van der Waals surface area contributed by atoms with E-state index in [1.807, 2.05) is 61.5 Å². The van der Waals surface area contributed by atoms with Crippen LogP contribution < -0.4 is 4.72 Å². The first kappa shape index (κ1) is 32.4.